The fourth-order valence-electron chi connectivity index (χ4n) is 2.20. The van der Waals surface area contributed by atoms with Gasteiger partial charge in [-0.2, -0.15) is 0 Å². The van der Waals surface area contributed by atoms with Crippen LogP contribution in [0.3, 0.4) is 0 Å². The Balaban J connectivity index is 2.65. The first-order valence-electron chi connectivity index (χ1n) is 5.14. The molecule has 1 aliphatic carbocycles. The maximum atomic E-state index is 9.77. The molecule has 0 spiro atoms. The quantitative estimate of drug-likeness (QED) is 0.492. The Labute approximate surface area is 84.2 Å². The van der Waals surface area contributed by atoms with Crippen LogP contribution < -0.4 is 0 Å². The minimum atomic E-state index is -0.799. The summed E-state index contributed by atoms with van der Waals surface area (Å²) >= 11 is 0. The van der Waals surface area contributed by atoms with Gasteiger partial charge in [0.2, 0.25) is 0 Å². The highest BCUT2D eigenvalue weighted by Gasteiger charge is 2.44. The molecule has 1 rings (SSSR count). The molecule has 0 aromatic heterocycles. The van der Waals surface area contributed by atoms with Crippen LogP contribution in [0.15, 0.2) is 0 Å². The first-order valence-corrected chi connectivity index (χ1v) is 5.14. The zero-order chi connectivity index (χ0) is 10.9. The normalized spacial score (nSPS) is 40.5. The molecule has 14 heavy (non-hydrogen) atoms. The first-order chi connectivity index (χ1) is 6.49. The van der Waals surface area contributed by atoms with Crippen molar-refractivity contribution in [3.63, 3.8) is 0 Å². The van der Waals surface area contributed by atoms with Gasteiger partial charge in [0.15, 0.2) is 0 Å². The summed E-state index contributed by atoms with van der Waals surface area (Å²) in [5, 5.41) is 38.0. The Morgan fingerprint density at radius 1 is 1.29 bits per heavy atom. The van der Waals surface area contributed by atoms with E-state index in [1.54, 1.807) is 0 Å². The summed E-state index contributed by atoms with van der Waals surface area (Å²) in [7, 11) is 0. The smallest absolute Gasteiger partial charge is 0.0669 e. The lowest BCUT2D eigenvalue weighted by Crippen LogP contribution is -2.35. The van der Waals surface area contributed by atoms with Gasteiger partial charge < -0.3 is 20.4 Å². The van der Waals surface area contributed by atoms with Crippen molar-refractivity contribution in [3.8, 4) is 0 Å². The topological polar surface area (TPSA) is 80.9 Å². The molecule has 0 saturated heterocycles. The highest BCUT2D eigenvalue weighted by atomic mass is 16.3. The van der Waals surface area contributed by atoms with Crippen LogP contribution in [-0.2, 0) is 0 Å². The van der Waals surface area contributed by atoms with Gasteiger partial charge in [-0.15, -0.1) is 0 Å². The van der Waals surface area contributed by atoms with Crippen molar-refractivity contribution in [1.82, 2.24) is 0 Å². The van der Waals surface area contributed by atoms with Gasteiger partial charge >= 0.3 is 0 Å². The summed E-state index contributed by atoms with van der Waals surface area (Å²) in [6, 6.07) is 0. The molecule has 5 atom stereocenters. The van der Waals surface area contributed by atoms with Gasteiger partial charge in [0.05, 0.1) is 24.9 Å². The summed E-state index contributed by atoms with van der Waals surface area (Å²) < 4.78 is 0. The second-order valence-electron chi connectivity index (χ2n) is 4.54. The fraction of sp³-hybridized carbons (Fsp3) is 1.00. The van der Waals surface area contributed by atoms with Crippen LogP contribution in [0.2, 0.25) is 0 Å². The molecule has 0 radical (unpaired) electrons. The van der Waals surface area contributed by atoms with E-state index in [4.69, 9.17) is 5.11 Å². The third-order valence-corrected chi connectivity index (χ3v) is 3.22. The van der Waals surface area contributed by atoms with Gasteiger partial charge in [-0.1, -0.05) is 13.8 Å². The molecule has 0 aromatic rings. The van der Waals surface area contributed by atoms with E-state index < -0.39 is 24.2 Å². The minimum absolute atomic E-state index is 0.0549. The molecule has 84 valence electrons. The average molecular weight is 204 g/mol. The number of aliphatic hydroxyl groups is 4. The second-order valence-corrected chi connectivity index (χ2v) is 4.54. The summed E-state index contributed by atoms with van der Waals surface area (Å²) in [6.07, 6.45) is -1.75. The Morgan fingerprint density at radius 2 is 1.86 bits per heavy atom. The monoisotopic (exact) mass is 204 g/mol. The number of hydrogen-bond donors (Lipinski definition) is 4. The lowest BCUT2D eigenvalue weighted by Gasteiger charge is -2.25. The molecular weight excluding hydrogens is 184 g/mol. The van der Waals surface area contributed by atoms with Crippen LogP contribution in [-0.4, -0.2) is 45.3 Å². The Hall–Kier alpha value is -0.160. The SMILES string of the molecule is CC(C)[C@H](O)[C@H]1C[C@H](O)C(CO)C1O. The molecule has 0 aromatic carbocycles. The zero-order valence-corrected chi connectivity index (χ0v) is 8.67. The summed E-state index contributed by atoms with van der Waals surface area (Å²) in [4.78, 5) is 0. The van der Waals surface area contributed by atoms with Crippen molar-refractivity contribution in [2.24, 2.45) is 17.8 Å². The number of hydrogen-bond acceptors (Lipinski definition) is 4. The molecule has 4 nitrogen and oxygen atoms in total. The summed E-state index contributed by atoms with van der Waals surface area (Å²) in [5.74, 6) is -0.769. The first kappa shape index (κ1) is 11.9. The number of rotatable bonds is 3. The van der Waals surface area contributed by atoms with Crippen molar-refractivity contribution in [3.05, 3.63) is 0 Å². The van der Waals surface area contributed by atoms with Crippen molar-refractivity contribution in [1.29, 1.82) is 0 Å². The molecule has 1 fully saturated rings. The maximum Gasteiger partial charge on any atom is 0.0669 e. The lowest BCUT2D eigenvalue weighted by atomic mass is 9.89. The van der Waals surface area contributed by atoms with Crippen LogP contribution in [0.4, 0.5) is 0 Å². The molecule has 1 saturated carbocycles. The molecular formula is C10H20O4. The minimum Gasteiger partial charge on any atom is -0.396 e. The molecule has 1 aliphatic rings. The van der Waals surface area contributed by atoms with Gasteiger partial charge in [0.1, 0.15) is 0 Å². The lowest BCUT2D eigenvalue weighted by molar-refractivity contribution is -0.0214. The average Bonchev–Trinajstić information content (AvgIpc) is 2.40. The molecule has 0 bridgehead atoms. The largest absolute Gasteiger partial charge is 0.396 e. The maximum absolute atomic E-state index is 9.77. The standard InChI is InChI=1S/C10H20O4/c1-5(2)9(13)6-3-8(12)7(4-11)10(6)14/h5-14H,3-4H2,1-2H3/t6-,7?,8+,9+,10?/m1/s1. The van der Waals surface area contributed by atoms with Crippen molar-refractivity contribution in [2.75, 3.05) is 6.61 Å². The van der Waals surface area contributed by atoms with Crippen LogP contribution in [0.5, 0.6) is 0 Å². The Bertz CT molecular complexity index is 183. The second kappa shape index (κ2) is 4.57. The molecule has 0 aliphatic heterocycles. The molecule has 4 N–H and O–H groups in total. The van der Waals surface area contributed by atoms with Gasteiger partial charge in [0, 0.05) is 11.8 Å². The van der Waals surface area contributed by atoms with E-state index in [0.717, 1.165) is 0 Å². The van der Waals surface area contributed by atoms with Crippen LogP contribution in [0, 0.1) is 17.8 Å². The summed E-state index contributed by atoms with van der Waals surface area (Å²) in [5.41, 5.74) is 0. The third-order valence-electron chi connectivity index (χ3n) is 3.22. The van der Waals surface area contributed by atoms with Crippen LogP contribution in [0.1, 0.15) is 20.3 Å². The van der Waals surface area contributed by atoms with E-state index in [0.29, 0.717) is 6.42 Å². The van der Waals surface area contributed by atoms with E-state index in [-0.39, 0.29) is 18.4 Å². The van der Waals surface area contributed by atoms with Gasteiger partial charge in [-0.05, 0) is 12.3 Å². The van der Waals surface area contributed by atoms with Gasteiger partial charge in [0.25, 0.3) is 0 Å². The predicted molar refractivity (Wildman–Crippen MR) is 51.5 cm³/mol. The van der Waals surface area contributed by atoms with Crippen molar-refractivity contribution < 1.29 is 20.4 Å². The van der Waals surface area contributed by atoms with Crippen molar-refractivity contribution in [2.45, 2.75) is 38.6 Å². The summed E-state index contributed by atoms with van der Waals surface area (Å²) in [6.45, 7) is 3.51. The van der Waals surface area contributed by atoms with Crippen LogP contribution >= 0.6 is 0 Å². The Kier molecular flexibility index (Phi) is 3.89. The fourth-order valence-corrected chi connectivity index (χ4v) is 2.20. The van der Waals surface area contributed by atoms with Gasteiger partial charge in [-0.3, -0.25) is 0 Å². The van der Waals surface area contributed by atoms with E-state index >= 15 is 0 Å². The van der Waals surface area contributed by atoms with E-state index in [1.807, 2.05) is 13.8 Å². The van der Waals surface area contributed by atoms with Crippen molar-refractivity contribution >= 4 is 0 Å². The van der Waals surface area contributed by atoms with E-state index in [9.17, 15) is 15.3 Å². The predicted octanol–water partition coefficient (Wildman–Crippen LogP) is -0.647. The zero-order valence-electron chi connectivity index (χ0n) is 8.67. The molecule has 0 amide bonds. The molecule has 0 heterocycles. The number of aliphatic hydroxyl groups excluding tert-OH is 4. The molecule has 4 heteroatoms. The van der Waals surface area contributed by atoms with Gasteiger partial charge in [-0.25, -0.2) is 0 Å². The van der Waals surface area contributed by atoms with E-state index in [1.165, 1.54) is 0 Å². The van der Waals surface area contributed by atoms with Crippen LogP contribution in [0.25, 0.3) is 0 Å². The highest BCUT2D eigenvalue weighted by molar-refractivity contribution is 4.94. The third kappa shape index (κ3) is 2.08. The Morgan fingerprint density at radius 3 is 2.21 bits per heavy atom. The molecule has 2 unspecified atom stereocenters. The van der Waals surface area contributed by atoms with E-state index in [2.05, 4.69) is 0 Å². The highest BCUT2D eigenvalue weighted by Crippen LogP contribution is 2.35.